The first-order valence-corrected chi connectivity index (χ1v) is 6.18. The highest BCUT2D eigenvalue weighted by molar-refractivity contribution is 5.80. The van der Waals surface area contributed by atoms with Gasteiger partial charge in [0.1, 0.15) is 11.6 Å². The number of nitrogens with zero attached hydrogens (tertiary/aromatic N) is 1. The van der Waals surface area contributed by atoms with Crippen LogP contribution < -0.4 is 0 Å². The average Bonchev–Trinajstić information content (AvgIpc) is 2.83. The summed E-state index contributed by atoms with van der Waals surface area (Å²) >= 11 is 0. The normalized spacial score (nSPS) is 12.0. The summed E-state index contributed by atoms with van der Waals surface area (Å²) in [5.74, 6) is -0.0489. The van der Waals surface area contributed by atoms with Crippen molar-refractivity contribution in [2.75, 3.05) is 0 Å². The van der Waals surface area contributed by atoms with Crippen LogP contribution in [0, 0.1) is 12.7 Å². The molecule has 0 fully saturated rings. The Labute approximate surface area is 117 Å². The molecule has 108 valence electrons. The van der Waals surface area contributed by atoms with Crippen molar-refractivity contribution in [2.45, 2.75) is 13.1 Å². The number of alkyl halides is 3. The fourth-order valence-electron chi connectivity index (χ4n) is 2.06. The zero-order valence-electron chi connectivity index (χ0n) is 10.9. The number of hydrogen-bond donors (Lipinski definition) is 1. The molecule has 0 aliphatic heterocycles. The van der Waals surface area contributed by atoms with Gasteiger partial charge in [-0.15, -0.1) is 0 Å². The molecule has 2 nitrogen and oxygen atoms in total. The number of rotatable bonds is 1. The van der Waals surface area contributed by atoms with E-state index >= 15 is 0 Å². The second-order valence-electron chi connectivity index (χ2n) is 4.78. The Kier molecular flexibility index (Phi) is 2.97. The first-order chi connectivity index (χ1) is 9.84. The first-order valence-electron chi connectivity index (χ1n) is 6.18. The molecule has 0 aliphatic rings. The molecule has 0 saturated carbocycles. The van der Waals surface area contributed by atoms with Crippen molar-refractivity contribution in [2.24, 2.45) is 0 Å². The van der Waals surface area contributed by atoms with Gasteiger partial charge in [-0.3, -0.25) is 0 Å². The summed E-state index contributed by atoms with van der Waals surface area (Å²) in [7, 11) is 0. The van der Waals surface area contributed by atoms with E-state index in [1.165, 1.54) is 12.1 Å². The van der Waals surface area contributed by atoms with E-state index in [1.54, 1.807) is 19.1 Å². The van der Waals surface area contributed by atoms with E-state index < -0.39 is 11.7 Å². The lowest BCUT2D eigenvalue weighted by Gasteiger charge is -2.05. The van der Waals surface area contributed by atoms with Crippen molar-refractivity contribution < 1.29 is 17.6 Å². The Bertz CT molecular complexity index is 818. The van der Waals surface area contributed by atoms with E-state index in [0.29, 0.717) is 22.5 Å². The van der Waals surface area contributed by atoms with Crippen LogP contribution in [0.5, 0.6) is 0 Å². The molecule has 3 aromatic rings. The van der Waals surface area contributed by atoms with Gasteiger partial charge in [0.15, 0.2) is 0 Å². The molecule has 6 heteroatoms. The van der Waals surface area contributed by atoms with Crippen molar-refractivity contribution in [3.63, 3.8) is 0 Å². The molecule has 0 bridgehead atoms. The Morgan fingerprint density at radius 1 is 1.05 bits per heavy atom. The fraction of sp³-hybridized carbons (Fsp3) is 0.133. The van der Waals surface area contributed by atoms with Gasteiger partial charge in [0.05, 0.1) is 16.6 Å². The fourth-order valence-corrected chi connectivity index (χ4v) is 2.06. The van der Waals surface area contributed by atoms with E-state index in [2.05, 4.69) is 9.97 Å². The maximum Gasteiger partial charge on any atom is 0.416 e. The predicted molar refractivity (Wildman–Crippen MR) is 71.2 cm³/mol. The van der Waals surface area contributed by atoms with Gasteiger partial charge in [-0.2, -0.15) is 13.2 Å². The van der Waals surface area contributed by atoms with Gasteiger partial charge in [0, 0.05) is 5.56 Å². The number of benzene rings is 2. The molecule has 0 spiro atoms. The van der Waals surface area contributed by atoms with Crippen LogP contribution in [-0.2, 0) is 6.18 Å². The summed E-state index contributed by atoms with van der Waals surface area (Å²) in [4.78, 5) is 6.98. The summed E-state index contributed by atoms with van der Waals surface area (Å²) in [6.07, 6.45) is -4.41. The van der Waals surface area contributed by atoms with Crippen LogP contribution >= 0.6 is 0 Å². The molecule has 3 rings (SSSR count). The van der Waals surface area contributed by atoms with Gasteiger partial charge in [0.25, 0.3) is 0 Å². The van der Waals surface area contributed by atoms with Crippen molar-refractivity contribution in [3.8, 4) is 11.4 Å². The number of aromatic amines is 1. The third-order valence-corrected chi connectivity index (χ3v) is 3.25. The molecule has 0 aliphatic carbocycles. The molecule has 1 heterocycles. The second-order valence-corrected chi connectivity index (χ2v) is 4.78. The van der Waals surface area contributed by atoms with Crippen molar-refractivity contribution in [1.29, 1.82) is 0 Å². The number of H-pyrrole nitrogens is 1. The maximum absolute atomic E-state index is 13.6. The SMILES string of the molecule is Cc1ccc(-c2nc3ccc(C(F)(F)F)cc3[nH]2)cc1F. The molecule has 0 amide bonds. The zero-order chi connectivity index (χ0) is 15.2. The van der Waals surface area contributed by atoms with Crippen molar-refractivity contribution in [3.05, 3.63) is 53.3 Å². The number of hydrogen-bond acceptors (Lipinski definition) is 1. The third-order valence-electron chi connectivity index (χ3n) is 3.25. The average molecular weight is 294 g/mol. The number of halogens is 4. The molecule has 0 unspecified atom stereocenters. The zero-order valence-corrected chi connectivity index (χ0v) is 10.9. The highest BCUT2D eigenvalue weighted by Gasteiger charge is 2.30. The number of aryl methyl sites for hydroxylation is 1. The molecular weight excluding hydrogens is 284 g/mol. The van der Waals surface area contributed by atoms with Gasteiger partial charge >= 0.3 is 6.18 Å². The Morgan fingerprint density at radius 3 is 2.48 bits per heavy atom. The summed E-state index contributed by atoms with van der Waals surface area (Å²) < 4.78 is 51.5. The number of imidazole rings is 1. The third kappa shape index (κ3) is 2.49. The molecular formula is C15H10F4N2. The van der Waals surface area contributed by atoms with Gasteiger partial charge in [-0.1, -0.05) is 12.1 Å². The minimum Gasteiger partial charge on any atom is -0.338 e. The van der Waals surface area contributed by atoms with E-state index in [1.807, 2.05) is 0 Å². The monoisotopic (exact) mass is 294 g/mol. The number of nitrogens with one attached hydrogen (secondary N) is 1. The lowest BCUT2D eigenvalue weighted by atomic mass is 10.1. The number of fused-ring (bicyclic) bond motifs is 1. The minimum absolute atomic E-state index is 0.265. The van der Waals surface area contributed by atoms with E-state index in [9.17, 15) is 17.6 Å². The minimum atomic E-state index is -4.41. The van der Waals surface area contributed by atoms with Crippen LogP contribution in [0.3, 0.4) is 0 Å². The maximum atomic E-state index is 13.6. The van der Waals surface area contributed by atoms with Crippen LogP contribution in [0.25, 0.3) is 22.4 Å². The van der Waals surface area contributed by atoms with Crippen LogP contribution in [0.15, 0.2) is 36.4 Å². The lowest BCUT2D eigenvalue weighted by molar-refractivity contribution is -0.137. The lowest BCUT2D eigenvalue weighted by Crippen LogP contribution is -2.04. The first kappa shape index (κ1) is 13.6. The highest BCUT2D eigenvalue weighted by atomic mass is 19.4. The molecule has 21 heavy (non-hydrogen) atoms. The van der Waals surface area contributed by atoms with Crippen molar-refractivity contribution >= 4 is 11.0 Å². The molecule has 0 radical (unpaired) electrons. The van der Waals surface area contributed by atoms with E-state index in [4.69, 9.17) is 0 Å². The van der Waals surface area contributed by atoms with E-state index in [-0.39, 0.29) is 11.3 Å². The quantitative estimate of drug-likeness (QED) is 0.648. The largest absolute Gasteiger partial charge is 0.416 e. The summed E-state index contributed by atoms with van der Waals surface area (Å²) in [5, 5.41) is 0. The molecule has 0 saturated heterocycles. The Balaban J connectivity index is 2.10. The topological polar surface area (TPSA) is 28.7 Å². The van der Waals surface area contributed by atoms with Crippen LogP contribution in [0.2, 0.25) is 0 Å². The molecule has 1 aromatic heterocycles. The standard InChI is InChI=1S/C15H10F4N2/c1-8-2-3-9(6-11(8)16)14-20-12-5-4-10(15(17,18)19)7-13(12)21-14/h2-7H,1H3,(H,20,21). The van der Waals surface area contributed by atoms with E-state index in [0.717, 1.165) is 12.1 Å². The van der Waals surface area contributed by atoms with Crippen LogP contribution in [0.4, 0.5) is 17.6 Å². The number of aromatic nitrogens is 2. The predicted octanol–water partition coefficient (Wildman–Crippen LogP) is 4.70. The Morgan fingerprint density at radius 2 is 1.81 bits per heavy atom. The van der Waals surface area contributed by atoms with Crippen molar-refractivity contribution in [1.82, 2.24) is 9.97 Å². The van der Waals surface area contributed by atoms with Gasteiger partial charge in [-0.25, -0.2) is 9.37 Å². The summed E-state index contributed by atoms with van der Waals surface area (Å²) in [5.41, 5.74) is 0.900. The molecule has 2 aromatic carbocycles. The Hall–Kier alpha value is -2.37. The second kappa shape index (κ2) is 4.58. The summed E-state index contributed by atoms with van der Waals surface area (Å²) in [6, 6.07) is 7.83. The molecule has 1 N–H and O–H groups in total. The smallest absolute Gasteiger partial charge is 0.338 e. The molecule has 0 atom stereocenters. The highest BCUT2D eigenvalue weighted by Crippen LogP contribution is 2.31. The van der Waals surface area contributed by atoms with Gasteiger partial charge < -0.3 is 4.98 Å². The van der Waals surface area contributed by atoms with Gasteiger partial charge in [-0.05, 0) is 36.8 Å². The van der Waals surface area contributed by atoms with Crippen LogP contribution in [0.1, 0.15) is 11.1 Å². The van der Waals surface area contributed by atoms with Gasteiger partial charge in [0.2, 0.25) is 0 Å². The summed E-state index contributed by atoms with van der Waals surface area (Å²) in [6.45, 7) is 1.63. The van der Waals surface area contributed by atoms with Crippen LogP contribution in [-0.4, -0.2) is 9.97 Å².